The van der Waals surface area contributed by atoms with Gasteiger partial charge in [-0.1, -0.05) is 54.7 Å². The van der Waals surface area contributed by atoms with Crippen LogP contribution in [0, 0.1) is 0 Å². The summed E-state index contributed by atoms with van der Waals surface area (Å²) in [5, 5.41) is 5.95. The minimum Gasteiger partial charge on any atom is -0.375 e. The van der Waals surface area contributed by atoms with Crippen LogP contribution in [0.4, 0.5) is 0 Å². The Hall–Kier alpha value is -2.53. The summed E-state index contributed by atoms with van der Waals surface area (Å²) in [6.45, 7) is 4.57. The maximum absolute atomic E-state index is 12.4. The van der Waals surface area contributed by atoms with Crippen LogP contribution in [0.5, 0.6) is 0 Å². The number of amides is 1. The van der Waals surface area contributed by atoms with Gasteiger partial charge in [0.05, 0.1) is 10.7 Å². The van der Waals surface area contributed by atoms with Crippen molar-refractivity contribution < 1.29 is 4.79 Å². The van der Waals surface area contributed by atoms with Gasteiger partial charge in [0.2, 0.25) is 5.91 Å². The Morgan fingerprint density at radius 3 is 2.57 bits per heavy atom. The van der Waals surface area contributed by atoms with E-state index in [2.05, 4.69) is 22.2 Å². The molecule has 2 rings (SSSR count). The Labute approximate surface area is 141 Å². The zero-order valence-electron chi connectivity index (χ0n) is 12.7. The molecule has 2 aromatic rings. The van der Waals surface area contributed by atoms with Crippen LogP contribution in [0.25, 0.3) is 0 Å². The number of pyridine rings is 1. The van der Waals surface area contributed by atoms with Crippen molar-refractivity contribution in [3.63, 3.8) is 0 Å². The molecular formula is C18H19N3OS. The molecule has 0 aliphatic heterocycles. The smallest absolute Gasteiger partial charge is 0.236 e. The van der Waals surface area contributed by atoms with Gasteiger partial charge in [-0.05, 0) is 17.7 Å². The lowest BCUT2D eigenvalue weighted by Gasteiger charge is -2.18. The molecule has 5 heteroatoms. The van der Waals surface area contributed by atoms with Gasteiger partial charge in [-0.3, -0.25) is 9.78 Å². The fraction of sp³-hybridized carbons (Fsp3) is 0.167. The molecule has 1 amide bonds. The first kappa shape index (κ1) is 16.8. The summed E-state index contributed by atoms with van der Waals surface area (Å²) in [5.41, 5.74) is 1.72. The van der Waals surface area contributed by atoms with E-state index in [9.17, 15) is 4.79 Å². The number of nitrogens with one attached hydrogen (secondary N) is 2. The maximum Gasteiger partial charge on any atom is 0.236 e. The van der Waals surface area contributed by atoms with Gasteiger partial charge in [0, 0.05) is 19.3 Å². The topological polar surface area (TPSA) is 54.0 Å². The van der Waals surface area contributed by atoms with E-state index in [1.807, 2.05) is 42.5 Å². The van der Waals surface area contributed by atoms with Crippen LogP contribution in [0.1, 0.15) is 17.2 Å². The minimum absolute atomic E-state index is 0.186. The zero-order chi connectivity index (χ0) is 16.5. The Morgan fingerprint density at radius 2 is 1.91 bits per heavy atom. The van der Waals surface area contributed by atoms with Gasteiger partial charge in [-0.25, -0.2) is 0 Å². The first-order valence-corrected chi connectivity index (χ1v) is 7.74. The second-order valence-electron chi connectivity index (χ2n) is 4.92. The normalized spacial score (nSPS) is 11.3. The highest BCUT2D eigenvalue weighted by molar-refractivity contribution is 7.80. The van der Waals surface area contributed by atoms with Gasteiger partial charge < -0.3 is 10.6 Å². The number of rotatable bonds is 7. The number of nitrogens with zero attached hydrogens (tertiary/aromatic N) is 1. The molecule has 1 aromatic carbocycles. The molecule has 0 saturated carbocycles. The van der Waals surface area contributed by atoms with Gasteiger partial charge in [0.25, 0.3) is 0 Å². The van der Waals surface area contributed by atoms with Crippen molar-refractivity contribution in [1.82, 2.24) is 15.6 Å². The molecule has 0 fully saturated rings. The Bertz CT molecular complexity index is 658. The third kappa shape index (κ3) is 5.00. The summed E-state index contributed by atoms with van der Waals surface area (Å²) >= 11 is 5.45. The van der Waals surface area contributed by atoms with Crippen molar-refractivity contribution in [2.24, 2.45) is 0 Å². The van der Waals surface area contributed by atoms with Crippen molar-refractivity contribution in [2.75, 3.05) is 6.54 Å². The van der Waals surface area contributed by atoms with E-state index < -0.39 is 5.92 Å². The van der Waals surface area contributed by atoms with Crippen LogP contribution in [-0.4, -0.2) is 22.4 Å². The summed E-state index contributed by atoms with van der Waals surface area (Å²) in [5.74, 6) is -0.802. The van der Waals surface area contributed by atoms with E-state index in [1.54, 1.807) is 18.3 Å². The number of hydrogen-bond donors (Lipinski definition) is 2. The summed E-state index contributed by atoms with van der Waals surface area (Å²) in [4.78, 5) is 17.2. The van der Waals surface area contributed by atoms with Crippen LogP contribution in [0.3, 0.4) is 0 Å². The number of thiocarbonyl (C=S) groups is 1. The van der Waals surface area contributed by atoms with Crippen molar-refractivity contribution >= 4 is 23.1 Å². The Morgan fingerprint density at radius 1 is 1.17 bits per heavy atom. The molecule has 1 atom stereocenters. The predicted octanol–water partition coefficient (Wildman–Crippen LogP) is 2.58. The van der Waals surface area contributed by atoms with Gasteiger partial charge in [0.1, 0.15) is 5.92 Å². The van der Waals surface area contributed by atoms with Crippen molar-refractivity contribution in [3.8, 4) is 0 Å². The standard InChI is InChI=1S/C18H19N3OS/c1-2-11-20-17(22)16(15-10-6-7-12-19-15)18(23)21-13-14-8-4-3-5-9-14/h2-10,12,16H,1,11,13H2,(H,20,22)(H,21,23). The quantitative estimate of drug-likeness (QED) is 0.607. The fourth-order valence-electron chi connectivity index (χ4n) is 2.10. The van der Waals surface area contributed by atoms with Crippen molar-refractivity contribution in [3.05, 3.63) is 78.6 Å². The largest absolute Gasteiger partial charge is 0.375 e. The number of hydrogen-bond acceptors (Lipinski definition) is 3. The van der Waals surface area contributed by atoms with Crippen LogP contribution in [-0.2, 0) is 11.3 Å². The molecule has 0 aliphatic rings. The molecule has 0 spiro atoms. The minimum atomic E-state index is -0.616. The molecule has 1 unspecified atom stereocenters. The molecular weight excluding hydrogens is 306 g/mol. The molecule has 0 bridgehead atoms. The second kappa shape index (κ2) is 8.80. The first-order valence-electron chi connectivity index (χ1n) is 7.33. The van der Waals surface area contributed by atoms with Gasteiger partial charge >= 0.3 is 0 Å². The summed E-state index contributed by atoms with van der Waals surface area (Å²) < 4.78 is 0. The number of benzene rings is 1. The molecule has 23 heavy (non-hydrogen) atoms. The molecule has 1 heterocycles. The van der Waals surface area contributed by atoms with Crippen LogP contribution in [0.15, 0.2) is 67.4 Å². The highest BCUT2D eigenvalue weighted by atomic mass is 32.1. The molecule has 0 saturated heterocycles. The van der Waals surface area contributed by atoms with E-state index in [-0.39, 0.29) is 5.91 Å². The molecule has 0 radical (unpaired) electrons. The molecule has 2 N–H and O–H groups in total. The van der Waals surface area contributed by atoms with Gasteiger partial charge in [-0.15, -0.1) is 6.58 Å². The number of carbonyl (C=O) groups is 1. The lowest BCUT2D eigenvalue weighted by Crippen LogP contribution is -2.39. The second-order valence-corrected chi connectivity index (χ2v) is 5.36. The van der Waals surface area contributed by atoms with Gasteiger partial charge in [-0.2, -0.15) is 0 Å². The molecule has 118 valence electrons. The lowest BCUT2D eigenvalue weighted by atomic mass is 10.0. The van der Waals surface area contributed by atoms with E-state index in [0.717, 1.165) is 5.56 Å². The first-order chi connectivity index (χ1) is 11.2. The fourth-order valence-corrected chi connectivity index (χ4v) is 2.40. The SMILES string of the molecule is C=CCNC(=O)C(C(=S)NCc1ccccc1)c1ccccn1. The highest BCUT2D eigenvalue weighted by Gasteiger charge is 2.25. The molecule has 4 nitrogen and oxygen atoms in total. The van der Waals surface area contributed by atoms with Crippen LogP contribution < -0.4 is 10.6 Å². The maximum atomic E-state index is 12.4. The summed E-state index contributed by atoms with van der Waals surface area (Å²) in [7, 11) is 0. The molecule has 0 aliphatic carbocycles. The molecule has 1 aromatic heterocycles. The lowest BCUT2D eigenvalue weighted by molar-refractivity contribution is -0.121. The monoisotopic (exact) mass is 325 g/mol. The Kier molecular flexibility index (Phi) is 6.44. The zero-order valence-corrected chi connectivity index (χ0v) is 13.6. The van der Waals surface area contributed by atoms with Crippen LogP contribution >= 0.6 is 12.2 Å². The van der Waals surface area contributed by atoms with Gasteiger partial charge in [0.15, 0.2) is 0 Å². The predicted molar refractivity (Wildman–Crippen MR) is 96.1 cm³/mol. The average Bonchev–Trinajstić information content (AvgIpc) is 2.60. The van der Waals surface area contributed by atoms with E-state index in [4.69, 9.17) is 12.2 Å². The third-order valence-electron chi connectivity index (χ3n) is 3.24. The van der Waals surface area contributed by atoms with Crippen molar-refractivity contribution in [1.29, 1.82) is 0 Å². The van der Waals surface area contributed by atoms with Crippen LogP contribution in [0.2, 0.25) is 0 Å². The number of carbonyl (C=O) groups excluding carboxylic acids is 1. The summed E-state index contributed by atoms with van der Waals surface area (Å²) in [6, 6.07) is 15.3. The highest BCUT2D eigenvalue weighted by Crippen LogP contribution is 2.15. The third-order valence-corrected chi connectivity index (χ3v) is 3.62. The van der Waals surface area contributed by atoms with E-state index >= 15 is 0 Å². The van der Waals surface area contributed by atoms with E-state index in [1.165, 1.54) is 0 Å². The van der Waals surface area contributed by atoms with Crippen molar-refractivity contribution in [2.45, 2.75) is 12.5 Å². The summed E-state index contributed by atoms with van der Waals surface area (Å²) in [6.07, 6.45) is 3.29. The average molecular weight is 325 g/mol. The number of aromatic nitrogens is 1. The Balaban J connectivity index is 2.11. The van der Waals surface area contributed by atoms with E-state index in [0.29, 0.717) is 23.8 Å².